The predicted molar refractivity (Wildman–Crippen MR) is 67.1 cm³/mol. The highest BCUT2D eigenvalue weighted by Gasteiger charge is 2.10. The first-order valence-electron chi connectivity index (χ1n) is 4.01. The van der Waals surface area contributed by atoms with Crippen molar-refractivity contribution in [1.82, 2.24) is 0 Å². The highest BCUT2D eigenvalue weighted by atomic mass is 79.9. The van der Waals surface area contributed by atoms with Crippen molar-refractivity contribution in [2.24, 2.45) is 0 Å². The fraction of sp³-hybridized carbons (Fsp3) is 0.100. The van der Waals surface area contributed by atoms with Crippen LogP contribution in [-0.4, -0.2) is 6.29 Å². The maximum absolute atomic E-state index is 10.9. The van der Waals surface area contributed by atoms with Crippen LogP contribution in [0.15, 0.2) is 22.4 Å². The zero-order chi connectivity index (χ0) is 10.1. The molecule has 0 amide bonds. The summed E-state index contributed by atoms with van der Waals surface area (Å²) in [6, 6.07) is 4.09. The Balaban J connectivity index is 2.87. The molecule has 1 aromatic heterocycles. The quantitative estimate of drug-likeness (QED) is 0.503. The number of rotatable bonds is 2. The fourth-order valence-electron chi connectivity index (χ4n) is 1.40. The Labute approximate surface area is 99.7 Å². The minimum Gasteiger partial charge on any atom is -0.298 e. The maximum Gasteiger partial charge on any atom is 0.152 e. The molecule has 1 heterocycles. The summed E-state index contributed by atoms with van der Waals surface area (Å²) in [6.07, 6.45) is 0.882. The molecule has 0 bridgehead atoms. The van der Waals surface area contributed by atoms with Crippen LogP contribution >= 0.6 is 39.9 Å². The third-order valence-corrected chi connectivity index (χ3v) is 4.19. The molecular weight excluding hydrogens is 280 g/mol. The highest BCUT2D eigenvalue weighted by molar-refractivity contribution is 9.08. The van der Waals surface area contributed by atoms with E-state index in [9.17, 15) is 4.79 Å². The lowest BCUT2D eigenvalue weighted by molar-refractivity contribution is 0.112. The van der Waals surface area contributed by atoms with Gasteiger partial charge in [0.25, 0.3) is 0 Å². The summed E-state index contributed by atoms with van der Waals surface area (Å²) in [4.78, 5) is 11.7. The summed E-state index contributed by atoms with van der Waals surface area (Å²) in [5, 5.41) is 3.82. The van der Waals surface area contributed by atoms with E-state index in [1.165, 1.54) is 0 Å². The van der Waals surface area contributed by atoms with Gasteiger partial charge in [-0.15, -0.1) is 24.0 Å². The van der Waals surface area contributed by atoms with Gasteiger partial charge in [0.05, 0.1) is 0 Å². The Morgan fingerprint density at radius 2 is 2.36 bits per heavy atom. The molecule has 1 nitrogen and oxygen atoms in total. The molecule has 0 saturated heterocycles. The van der Waals surface area contributed by atoms with Crippen molar-refractivity contribution >= 4 is 56.3 Å². The molecule has 0 radical (unpaired) electrons. The number of benzene rings is 1. The van der Waals surface area contributed by atoms with E-state index < -0.39 is 0 Å². The second kappa shape index (κ2) is 4.04. The summed E-state index contributed by atoms with van der Waals surface area (Å²) in [5.41, 5.74) is 1.76. The molecule has 14 heavy (non-hydrogen) atoms. The van der Waals surface area contributed by atoms with E-state index in [0.717, 1.165) is 32.2 Å². The van der Waals surface area contributed by atoms with Gasteiger partial charge in [-0.2, -0.15) is 0 Å². The van der Waals surface area contributed by atoms with Crippen molar-refractivity contribution < 1.29 is 4.79 Å². The van der Waals surface area contributed by atoms with Crippen molar-refractivity contribution in [3.05, 3.63) is 28.6 Å². The van der Waals surface area contributed by atoms with Crippen LogP contribution in [0.4, 0.5) is 0 Å². The highest BCUT2D eigenvalue weighted by Crippen LogP contribution is 2.32. The summed E-state index contributed by atoms with van der Waals surface area (Å²) in [6.45, 7) is 0. The number of alkyl halides is 1. The number of thiol groups is 1. The van der Waals surface area contributed by atoms with E-state index in [0.29, 0.717) is 5.56 Å². The normalized spacial score (nSPS) is 10.7. The summed E-state index contributed by atoms with van der Waals surface area (Å²) >= 11 is 9.33. The molecule has 0 fully saturated rings. The molecule has 0 spiro atoms. The average molecular weight is 287 g/mol. The molecular formula is C10H7BrOS2. The number of thiophene rings is 1. The Bertz CT molecular complexity index is 490. The zero-order valence-electron chi connectivity index (χ0n) is 7.16. The third kappa shape index (κ3) is 1.51. The van der Waals surface area contributed by atoms with Gasteiger partial charge in [0, 0.05) is 20.5 Å². The molecule has 0 aliphatic heterocycles. The standard InChI is InChI=1S/C10H7BrOS2/c11-4-7-3-6-1-2-14-10(6)8(5-12)9(7)13/h1-3,5,13H,4H2. The second-order valence-electron chi connectivity index (χ2n) is 2.89. The Morgan fingerprint density at radius 1 is 1.57 bits per heavy atom. The minimum atomic E-state index is 0.704. The summed E-state index contributed by atoms with van der Waals surface area (Å²) in [5.74, 6) is 0. The van der Waals surface area contributed by atoms with Crippen LogP contribution in [0, 0.1) is 0 Å². The van der Waals surface area contributed by atoms with Crippen LogP contribution in [0.25, 0.3) is 10.1 Å². The van der Waals surface area contributed by atoms with Crippen LogP contribution in [0.3, 0.4) is 0 Å². The number of carbonyl (C=O) groups excluding carboxylic acids is 1. The average Bonchev–Trinajstić information content (AvgIpc) is 2.64. The van der Waals surface area contributed by atoms with Gasteiger partial charge in [-0.3, -0.25) is 4.79 Å². The molecule has 2 rings (SSSR count). The lowest BCUT2D eigenvalue weighted by atomic mass is 10.1. The first-order valence-corrected chi connectivity index (χ1v) is 6.46. The van der Waals surface area contributed by atoms with Gasteiger partial charge in [0.2, 0.25) is 0 Å². The maximum atomic E-state index is 10.9. The van der Waals surface area contributed by atoms with Crippen LogP contribution < -0.4 is 0 Å². The number of hydrogen-bond acceptors (Lipinski definition) is 3. The van der Waals surface area contributed by atoms with Gasteiger partial charge in [0.15, 0.2) is 6.29 Å². The van der Waals surface area contributed by atoms with E-state index in [1.807, 2.05) is 11.4 Å². The molecule has 0 atom stereocenters. The van der Waals surface area contributed by atoms with Crippen molar-refractivity contribution in [2.75, 3.05) is 0 Å². The number of fused-ring (bicyclic) bond motifs is 1. The second-order valence-corrected chi connectivity index (χ2v) is 4.81. The molecule has 72 valence electrons. The first-order chi connectivity index (χ1) is 6.77. The van der Waals surface area contributed by atoms with Gasteiger partial charge in [-0.25, -0.2) is 0 Å². The monoisotopic (exact) mass is 286 g/mol. The Hall–Kier alpha value is -0.320. The van der Waals surface area contributed by atoms with Crippen molar-refractivity contribution in [2.45, 2.75) is 10.2 Å². The zero-order valence-corrected chi connectivity index (χ0v) is 10.5. The number of carbonyl (C=O) groups is 1. The van der Waals surface area contributed by atoms with Crippen LogP contribution in [0.2, 0.25) is 0 Å². The van der Waals surface area contributed by atoms with E-state index in [4.69, 9.17) is 0 Å². The molecule has 0 N–H and O–H groups in total. The molecule has 0 saturated carbocycles. The lowest BCUT2D eigenvalue weighted by Crippen LogP contribution is -1.89. The van der Waals surface area contributed by atoms with E-state index in [2.05, 4.69) is 34.6 Å². The van der Waals surface area contributed by atoms with Gasteiger partial charge in [-0.1, -0.05) is 15.9 Å². The van der Waals surface area contributed by atoms with Gasteiger partial charge in [-0.05, 0) is 28.5 Å². The summed E-state index contributed by atoms with van der Waals surface area (Å²) in [7, 11) is 0. The molecule has 1 aromatic carbocycles. The Kier molecular flexibility index (Phi) is 2.95. The van der Waals surface area contributed by atoms with Gasteiger partial charge >= 0.3 is 0 Å². The van der Waals surface area contributed by atoms with Crippen LogP contribution in [0.5, 0.6) is 0 Å². The van der Waals surface area contributed by atoms with E-state index in [1.54, 1.807) is 11.3 Å². The SMILES string of the molecule is O=Cc1c(S)c(CBr)cc2ccsc12. The topological polar surface area (TPSA) is 17.1 Å². The minimum absolute atomic E-state index is 0.704. The largest absolute Gasteiger partial charge is 0.298 e. The number of hydrogen-bond donors (Lipinski definition) is 1. The molecule has 0 unspecified atom stereocenters. The first kappa shape index (κ1) is 10.2. The summed E-state index contributed by atoms with van der Waals surface area (Å²) < 4.78 is 1.02. The fourth-order valence-corrected chi connectivity index (χ4v) is 3.33. The third-order valence-electron chi connectivity index (χ3n) is 2.09. The van der Waals surface area contributed by atoms with Crippen molar-refractivity contribution in [1.29, 1.82) is 0 Å². The van der Waals surface area contributed by atoms with Crippen LogP contribution in [-0.2, 0) is 5.33 Å². The van der Waals surface area contributed by atoms with E-state index in [-0.39, 0.29) is 0 Å². The van der Waals surface area contributed by atoms with Crippen molar-refractivity contribution in [3.63, 3.8) is 0 Å². The van der Waals surface area contributed by atoms with Gasteiger partial charge < -0.3 is 0 Å². The molecule has 4 heteroatoms. The molecule has 0 aliphatic carbocycles. The lowest BCUT2D eigenvalue weighted by Gasteiger charge is -2.05. The smallest absolute Gasteiger partial charge is 0.152 e. The van der Waals surface area contributed by atoms with Crippen LogP contribution in [0.1, 0.15) is 15.9 Å². The Morgan fingerprint density at radius 3 is 3.00 bits per heavy atom. The predicted octanol–water partition coefficient (Wildman–Crippen LogP) is 3.90. The molecule has 2 aromatic rings. The molecule has 0 aliphatic rings. The number of aldehydes is 1. The van der Waals surface area contributed by atoms with Crippen molar-refractivity contribution in [3.8, 4) is 0 Å². The number of halogens is 1. The van der Waals surface area contributed by atoms with E-state index >= 15 is 0 Å². The van der Waals surface area contributed by atoms with Gasteiger partial charge in [0.1, 0.15) is 0 Å².